The van der Waals surface area contributed by atoms with Crippen LogP contribution in [0.4, 0.5) is 0 Å². The molecule has 0 saturated carbocycles. The molecule has 5 aliphatic rings. The molecule has 5 fully saturated rings. The minimum absolute atomic E-state index is 0.440. The summed E-state index contributed by atoms with van der Waals surface area (Å²) < 4.78 is 13.5. The second-order valence-corrected chi connectivity index (χ2v) is 11.7. The van der Waals surface area contributed by atoms with Crippen LogP contribution in [-0.2, 0) is 9.47 Å². The number of piperidine rings is 2. The van der Waals surface area contributed by atoms with Crippen molar-refractivity contribution >= 4 is 0 Å². The maximum atomic E-state index is 6.74. The lowest BCUT2D eigenvalue weighted by molar-refractivity contribution is -0.183. The van der Waals surface area contributed by atoms with E-state index in [0.717, 1.165) is 11.8 Å². The first-order valence-corrected chi connectivity index (χ1v) is 14.7. The fraction of sp³-hybridized carbons (Fsp3) is 1.00. The molecule has 6 atom stereocenters. The summed E-state index contributed by atoms with van der Waals surface area (Å²) in [5, 5.41) is 0. The predicted octanol–water partition coefficient (Wildman–Crippen LogP) is 6.34. The van der Waals surface area contributed by atoms with Crippen LogP contribution >= 0.6 is 0 Å². The molecule has 0 N–H and O–H groups in total. The van der Waals surface area contributed by atoms with E-state index in [2.05, 4.69) is 9.80 Å². The Bertz CT molecular complexity index is 510. The molecule has 0 aliphatic carbocycles. The van der Waals surface area contributed by atoms with Gasteiger partial charge in [-0.2, -0.15) is 0 Å². The molecule has 0 radical (unpaired) electrons. The Labute approximate surface area is 197 Å². The molecule has 184 valence electrons. The Morgan fingerprint density at radius 3 is 1.25 bits per heavy atom. The number of fused-ring (bicyclic) bond motifs is 2. The van der Waals surface area contributed by atoms with Gasteiger partial charge in [-0.1, -0.05) is 51.4 Å². The van der Waals surface area contributed by atoms with Crippen LogP contribution in [0.5, 0.6) is 0 Å². The van der Waals surface area contributed by atoms with E-state index in [-0.39, 0.29) is 0 Å². The van der Waals surface area contributed by atoms with E-state index in [9.17, 15) is 0 Å². The summed E-state index contributed by atoms with van der Waals surface area (Å²) in [5.74, 6) is 1.57. The summed E-state index contributed by atoms with van der Waals surface area (Å²) in [6.07, 6.45) is 26.5. The monoisotopic (exact) mass is 446 g/mol. The smallest absolute Gasteiger partial charge is 0.113 e. The predicted molar refractivity (Wildman–Crippen MR) is 131 cm³/mol. The van der Waals surface area contributed by atoms with Crippen LogP contribution < -0.4 is 0 Å². The summed E-state index contributed by atoms with van der Waals surface area (Å²) in [7, 11) is 0. The van der Waals surface area contributed by atoms with Crippen molar-refractivity contribution in [2.75, 3.05) is 26.2 Å². The molecule has 4 heteroatoms. The van der Waals surface area contributed by atoms with Crippen molar-refractivity contribution in [3.63, 3.8) is 0 Å². The SMILES string of the molecule is C1CCC[C@H]2CCCN3CC[C@@H](CCCCCC[C@H]4CCCN5CC[C@@H](CC1)O[C@@H]45)O[C@@H]23. The molecule has 0 aromatic carbocycles. The molecular weight excluding hydrogens is 396 g/mol. The van der Waals surface area contributed by atoms with Gasteiger partial charge in [-0.25, -0.2) is 0 Å². The van der Waals surface area contributed by atoms with Gasteiger partial charge < -0.3 is 9.47 Å². The molecule has 0 aromatic rings. The molecular formula is C28H50N2O2. The number of nitrogens with zero attached hydrogens (tertiary/aromatic N) is 2. The summed E-state index contributed by atoms with van der Waals surface area (Å²) in [5.41, 5.74) is 0. The van der Waals surface area contributed by atoms with Gasteiger partial charge >= 0.3 is 0 Å². The Kier molecular flexibility index (Phi) is 8.84. The third kappa shape index (κ3) is 6.09. The van der Waals surface area contributed by atoms with Gasteiger partial charge in [0, 0.05) is 26.2 Å². The summed E-state index contributed by atoms with van der Waals surface area (Å²) in [6.45, 7) is 5.11. The minimum atomic E-state index is 0.440. The normalized spacial score (nSPS) is 41.6. The van der Waals surface area contributed by atoms with E-state index < -0.39 is 0 Å². The molecule has 32 heavy (non-hydrogen) atoms. The van der Waals surface area contributed by atoms with Gasteiger partial charge in [0.05, 0.1) is 12.2 Å². The Morgan fingerprint density at radius 1 is 0.375 bits per heavy atom. The Balaban J connectivity index is 1.16. The van der Waals surface area contributed by atoms with Gasteiger partial charge in [0.25, 0.3) is 0 Å². The van der Waals surface area contributed by atoms with E-state index >= 15 is 0 Å². The van der Waals surface area contributed by atoms with Crippen molar-refractivity contribution in [1.82, 2.24) is 9.80 Å². The van der Waals surface area contributed by atoms with Gasteiger partial charge in [0.15, 0.2) is 0 Å². The lowest BCUT2D eigenvalue weighted by Crippen LogP contribution is -2.53. The van der Waals surface area contributed by atoms with E-state index in [1.165, 1.54) is 142 Å². The summed E-state index contributed by atoms with van der Waals surface area (Å²) >= 11 is 0. The molecule has 5 saturated heterocycles. The zero-order valence-electron chi connectivity index (χ0n) is 20.7. The fourth-order valence-electron chi connectivity index (χ4n) is 7.53. The number of hydrogen-bond acceptors (Lipinski definition) is 4. The molecule has 0 spiro atoms. The topological polar surface area (TPSA) is 24.9 Å². The summed E-state index contributed by atoms with van der Waals surface area (Å²) in [6, 6.07) is 0. The van der Waals surface area contributed by atoms with E-state index in [4.69, 9.17) is 9.47 Å². The first-order chi connectivity index (χ1) is 15.9. The fourth-order valence-corrected chi connectivity index (χ4v) is 7.53. The van der Waals surface area contributed by atoms with Crippen molar-refractivity contribution in [1.29, 1.82) is 0 Å². The third-order valence-electron chi connectivity index (χ3n) is 9.41. The molecule has 5 rings (SSSR count). The largest absolute Gasteiger partial charge is 0.360 e. The van der Waals surface area contributed by atoms with Gasteiger partial charge in [-0.15, -0.1) is 0 Å². The first kappa shape index (κ1) is 23.6. The maximum Gasteiger partial charge on any atom is 0.113 e. The van der Waals surface area contributed by atoms with Crippen LogP contribution in [0.1, 0.15) is 116 Å². The van der Waals surface area contributed by atoms with Crippen molar-refractivity contribution < 1.29 is 9.47 Å². The second-order valence-electron chi connectivity index (χ2n) is 11.7. The Morgan fingerprint density at radius 2 is 0.781 bits per heavy atom. The summed E-state index contributed by atoms with van der Waals surface area (Å²) in [4.78, 5) is 5.36. The average molecular weight is 447 g/mol. The molecule has 0 aromatic heterocycles. The second kappa shape index (κ2) is 12.0. The van der Waals surface area contributed by atoms with Crippen molar-refractivity contribution in [2.24, 2.45) is 11.8 Å². The van der Waals surface area contributed by atoms with Crippen LogP contribution in [-0.4, -0.2) is 60.6 Å². The highest BCUT2D eigenvalue weighted by molar-refractivity contribution is 4.85. The van der Waals surface area contributed by atoms with Crippen molar-refractivity contribution in [2.45, 2.75) is 140 Å². The molecule has 0 amide bonds. The number of ether oxygens (including phenoxy) is 2. The van der Waals surface area contributed by atoms with Crippen LogP contribution in [0, 0.1) is 11.8 Å². The first-order valence-electron chi connectivity index (χ1n) is 14.7. The standard InChI is InChI=1S/C28H50N2O2/c1-3-7-15-25-17-21-30-20-10-14-24(28(30)31-25)12-6-2-4-8-16-26-18-22-29-19-9-13-23(11-5-1)27(29)32-26/h23-28H,1-22H2/t23-,24-,25+,26+,27-,28-/m0/s1. The van der Waals surface area contributed by atoms with Gasteiger partial charge in [0.1, 0.15) is 12.5 Å². The van der Waals surface area contributed by atoms with Crippen LogP contribution in [0.15, 0.2) is 0 Å². The van der Waals surface area contributed by atoms with E-state index in [1.54, 1.807) is 0 Å². The molecule has 5 heterocycles. The molecule has 4 bridgehead atoms. The van der Waals surface area contributed by atoms with Crippen molar-refractivity contribution in [3.8, 4) is 0 Å². The Hall–Kier alpha value is -0.160. The lowest BCUT2D eigenvalue weighted by Gasteiger charge is -2.47. The van der Waals surface area contributed by atoms with Crippen LogP contribution in [0.2, 0.25) is 0 Å². The lowest BCUT2D eigenvalue weighted by atomic mass is 9.87. The average Bonchev–Trinajstić information content (AvgIpc) is 2.83. The van der Waals surface area contributed by atoms with Gasteiger partial charge in [-0.05, 0) is 76.0 Å². The highest BCUT2D eigenvalue weighted by Gasteiger charge is 2.38. The van der Waals surface area contributed by atoms with Gasteiger partial charge in [-0.3, -0.25) is 9.80 Å². The van der Waals surface area contributed by atoms with Crippen molar-refractivity contribution in [3.05, 3.63) is 0 Å². The van der Waals surface area contributed by atoms with E-state index in [1.807, 2.05) is 0 Å². The highest BCUT2D eigenvalue weighted by atomic mass is 16.5. The van der Waals surface area contributed by atoms with Gasteiger partial charge in [0.2, 0.25) is 0 Å². The van der Waals surface area contributed by atoms with Crippen LogP contribution in [0.3, 0.4) is 0 Å². The molecule has 4 nitrogen and oxygen atoms in total. The molecule has 0 unspecified atom stereocenters. The minimum Gasteiger partial charge on any atom is -0.360 e. The number of rotatable bonds is 0. The zero-order valence-corrected chi connectivity index (χ0v) is 20.7. The quantitative estimate of drug-likeness (QED) is 0.434. The third-order valence-corrected chi connectivity index (χ3v) is 9.41. The highest BCUT2D eigenvalue weighted by Crippen LogP contribution is 2.36. The maximum absolute atomic E-state index is 6.74. The van der Waals surface area contributed by atoms with Crippen LogP contribution in [0.25, 0.3) is 0 Å². The van der Waals surface area contributed by atoms with E-state index in [0.29, 0.717) is 24.7 Å². The zero-order chi connectivity index (χ0) is 21.6. The number of hydrogen-bond donors (Lipinski definition) is 0. The molecule has 5 aliphatic heterocycles.